The molecule has 0 aromatic heterocycles. The van der Waals surface area contributed by atoms with Gasteiger partial charge in [-0.3, -0.25) is 9.59 Å². The third-order valence-electron chi connectivity index (χ3n) is 5.99. The van der Waals surface area contributed by atoms with Gasteiger partial charge < -0.3 is 14.8 Å². The van der Waals surface area contributed by atoms with Gasteiger partial charge in [0.05, 0.1) is 11.3 Å². The summed E-state index contributed by atoms with van der Waals surface area (Å²) < 4.78 is 10.9. The van der Waals surface area contributed by atoms with Crippen LogP contribution in [0, 0.1) is 27.7 Å². The van der Waals surface area contributed by atoms with E-state index in [1.54, 1.807) is 18.2 Å². The number of carbonyl (C=O) groups excluding carboxylic acids is 2. The number of ether oxygens (including phenoxy) is 2. The fourth-order valence-electron chi connectivity index (χ4n) is 4.24. The first-order valence-corrected chi connectivity index (χ1v) is 10.8. The molecule has 0 saturated heterocycles. The van der Waals surface area contributed by atoms with Gasteiger partial charge in [0.1, 0.15) is 5.70 Å². The lowest BCUT2D eigenvalue weighted by molar-refractivity contribution is -0.120. The monoisotopic (exact) mass is 440 g/mol. The lowest BCUT2D eigenvalue weighted by Crippen LogP contribution is -2.32. The Hall–Kier alpha value is -4.06. The van der Waals surface area contributed by atoms with Crippen LogP contribution in [0.3, 0.4) is 0 Å². The topological polar surface area (TPSA) is 67.9 Å². The number of nitrogens with zero attached hydrogens (tertiary/aromatic N) is 1. The first kappa shape index (κ1) is 20.8. The zero-order valence-corrected chi connectivity index (χ0v) is 19.0. The van der Waals surface area contributed by atoms with E-state index in [0.29, 0.717) is 34.0 Å². The predicted molar refractivity (Wildman–Crippen MR) is 127 cm³/mol. The molecule has 2 aliphatic heterocycles. The summed E-state index contributed by atoms with van der Waals surface area (Å²) in [5.74, 6) is 0.498. The summed E-state index contributed by atoms with van der Waals surface area (Å²) in [5.41, 5.74) is 6.62. The highest BCUT2D eigenvalue weighted by atomic mass is 16.7. The number of hydrogen-bond acceptors (Lipinski definition) is 5. The minimum Gasteiger partial charge on any atom is -0.454 e. The van der Waals surface area contributed by atoms with Crippen LogP contribution in [0.4, 0.5) is 11.4 Å². The van der Waals surface area contributed by atoms with Crippen molar-refractivity contribution in [2.24, 2.45) is 0 Å². The summed E-state index contributed by atoms with van der Waals surface area (Å²) in [6.45, 7) is 8.07. The molecule has 0 fully saturated rings. The van der Waals surface area contributed by atoms with Crippen LogP contribution in [0.25, 0.3) is 5.57 Å². The lowest BCUT2D eigenvalue weighted by atomic mass is 9.99. The number of imide groups is 1. The molecule has 5 rings (SSSR count). The molecule has 1 N–H and O–H groups in total. The molecule has 0 atom stereocenters. The standard InChI is InChI=1S/C27H24N2O4/c1-15-9-16(2)11-21(10-15)29-26(30)24(19-6-5-17(3)18(4)12-19)25(27(29)31)28-20-7-8-22-23(13-20)33-14-32-22/h5-13,28H,14H2,1-4H3. The Kier molecular flexibility index (Phi) is 4.93. The largest absolute Gasteiger partial charge is 0.454 e. The molecule has 0 radical (unpaired) electrons. The summed E-state index contributed by atoms with van der Waals surface area (Å²) in [6.07, 6.45) is 0. The van der Waals surface area contributed by atoms with Crippen LogP contribution >= 0.6 is 0 Å². The van der Waals surface area contributed by atoms with Gasteiger partial charge in [0.25, 0.3) is 11.8 Å². The zero-order chi connectivity index (χ0) is 23.3. The van der Waals surface area contributed by atoms with Crippen LogP contribution in [0.5, 0.6) is 11.5 Å². The van der Waals surface area contributed by atoms with Gasteiger partial charge in [-0.05, 0) is 79.8 Å². The molecular formula is C27H24N2O4. The fourth-order valence-corrected chi connectivity index (χ4v) is 4.24. The van der Waals surface area contributed by atoms with Gasteiger partial charge in [0.15, 0.2) is 11.5 Å². The Bertz CT molecular complexity index is 1340. The first-order chi connectivity index (χ1) is 15.8. The number of benzene rings is 3. The maximum atomic E-state index is 13.7. The van der Waals surface area contributed by atoms with Gasteiger partial charge in [-0.15, -0.1) is 0 Å². The summed E-state index contributed by atoms with van der Waals surface area (Å²) in [6, 6.07) is 16.9. The van der Waals surface area contributed by atoms with Gasteiger partial charge >= 0.3 is 0 Å². The minimum absolute atomic E-state index is 0.160. The minimum atomic E-state index is -0.393. The van der Waals surface area contributed by atoms with E-state index in [-0.39, 0.29) is 18.4 Å². The van der Waals surface area contributed by atoms with Crippen LogP contribution in [0.2, 0.25) is 0 Å². The second-order valence-electron chi connectivity index (χ2n) is 8.53. The summed E-state index contributed by atoms with van der Waals surface area (Å²) in [4.78, 5) is 28.6. The van der Waals surface area contributed by atoms with E-state index in [2.05, 4.69) is 5.32 Å². The zero-order valence-electron chi connectivity index (χ0n) is 19.0. The third kappa shape index (κ3) is 3.63. The predicted octanol–water partition coefficient (Wildman–Crippen LogP) is 5.05. The smallest absolute Gasteiger partial charge is 0.282 e. The van der Waals surface area contributed by atoms with E-state index in [1.807, 2.05) is 64.1 Å². The van der Waals surface area contributed by atoms with Crippen LogP contribution in [-0.4, -0.2) is 18.6 Å². The molecule has 0 saturated carbocycles. The Morgan fingerprint density at radius 3 is 2.21 bits per heavy atom. The number of amides is 2. The van der Waals surface area contributed by atoms with Gasteiger partial charge in [0.2, 0.25) is 6.79 Å². The molecule has 0 bridgehead atoms. The molecule has 6 heteroatoms. The van der Waals surface area contributed by atoms with E-state index >= 15 is 0 Å². The highest BCUT2D eigenvalue weighted by Crippen LogP contribution is 2.38. The second kappa shape index (κ2) is 7.81. The molecule has 0 unspecified atom stereocenters. The number of hydrogen-bond donors (Lipinski definition) is 1. The van der Waals surface area contributed by atoms with Crippen molar-refractivity contribution in [3.8, 4) is 11.5 Å². The number of nitrogens with one attached hydrogen (secondary N) is 1. The molecule has 3 aromatic carbocycles. The molecule has 3 aromatic rings. The van der Waals surface area contributed by atoms with Crippen molar-refractivity contribution in [1.82, 2.24) is 0 Å². The van der Waals surface area contributed by atoms with E-state index in [9.17, 15) is 9.59 Å². The Morgan fingerprint density at radius 2 is 1.48 bits per heavy atom. The summed E-state index contributed by atoms with van der Waals surface area (Å²) in [7, 11) is 0. The van der Waals surface area contributed by atoms with Crippen molar-refractivity contribution in [2.45, 2.75) is 27.7 Å². The summed E-state index contributed by atoms with van der Waals surface area (Å²) >= 11 is 0. The highest BCUT2D eigenvalue weighted by molar-refractivity contribution is 6.46. The van der Waals surface area contributed by atoms with Gasteiger partial charge in [0, 0.05) is 11.8 Å². The van der Waals surface area contributed by atoms with Crippen molar-refractivity contribution in [3.63, 3.8) is 0 Å². The van der Waals surface area contributed by atoms with Crippen LogP contribution in [0.1, 0.15) is 27.8 Å². The number of aryl methyl sites for hydroxylation is 4. The molecule has 0 spiro atoms. The van der Waals surface area contributed by atoms with Crippen LogP contribution < -0.4 is 19.7 Å². The Morgan fingerprint density at radius 1 is 0.758 bits per heavy atom. The number of rotatable bonds is 4. The van der Waals surface area contributed by atoms with Gasteiger partial charge in [-0.1, -0.05) is 24.3 Å². The maximum Gasteiger partial charge on any atom is 0.282 e. The highest BCUT2D eigenvalue weighted by Gasteiger charge is 2.40. The van der Waals surface area contributed by atoms with E-state index < -0.39 is 5.91 Å². The second-order valence-corrected chi connectivity index (χ2v) is 8.53. The average molecular weight is 440 g/mol. The van der Waals surface area contributed by atoms with Crippen molar-refractivity contribution >= 4 is 28.8 Å². The molecule has 33 heavy (non-hydrogen) atoms. The Balaban J connectivity index is 1.62. The van der Waals surface area contributed by atoms with Crippen LogP contribution in [-0.2, 0) is 9.59 Å². The third-order valence-corrected chi connectivity index (χ3v) is 5.99. The first-order valence-electron chi connectivity index (χ1n) is 10.8. The molecular weight excluding hydrogens is 416 g/mol. The van der Waals surface area contributed by atoms with Crippen molar-refractivity contribution < 1.29 is 19.1 Å². The molecule has 0 aliphatic carbocycles. The SMILES string of the molecule is Cc1cc(C)cc(N2C(=O)C(Nc3ccc4c(c3)OCO4)=C(c3ccc(C)c(C)c3)C2=O)c1. The maximum absolute atomic E-state index is 13.7. The molecule has 166 valence electrons. The molecule has 2 heterocycles. The quantitative estimate of drug-likeness (QED) is 0.576. The number of anilines is 2. The van der Waals surface area contributed by atoms with Crippen molar-refractivity contribution in [3.05, 3.63) is 88.1 Å². The molecule has 6 nitrogen and oxygen atoms in total. The van der Waals surface area contributed by atoms with Crippen molar-refractivity contribution in [2.75, 3.05) is 17.0 Å². The summed E-state index contributed by atoms with van der Waals surface area (Å²) in [5, 5.41) is 3.19. The van der Waals surface area contributed by atoms with Gasteiger partial charge in [-0.25, -0.2) is 4.90 Å². The molecule has 2 aliphatic rings. The van der Waals surface area contributed by atoms with E-state index in [1.165, 1.54) is 4.90 Å². The lowest BCUT2D eigenvalue weighted by Gasteiger charge is -2.17. The van der Waals surface area contributed by atoms with Gasteiger partial charge in [-0.2, -0.15) is 0 Å². The van der Waals surface area contributed by atoms with E-state index in [4.69, 9.17) is 9.47 Å². The number of fused-ring (bicyclic) bond motifs is 1. The van der Waals surface area contributed by atoms with Crippen LogP contribution in [0.15, 0.2) is 60.3 Å². The molecule has 2 amide bonds. The fraction of sp³-hybridized carbons (Fsp3) is 0.185. The number of carbonyl (C=O) groups is 2. The van der Waals surface area contributed by atoms with E-state index in [0.717, 1.165) is 22.3 Å². The average Bonchev–Trinajstić information content (AvgIpc) is 3.31. The van der Waals surface area contributed by atoms with Crippen molar-refractivity contribution in [1.29, 1.82) is 0 Å². The Labute approximate surface area is 192 Å². The normalized spacial score (nSPS) is 15.0.